The van der Waals surface area contributed by atoms with E-state index >= 15 is 0 Å². The van der Waals surface area contributed by atoms with E-state index in [1.807, 2.05) is 23.2 Å². The van der Waals surface area contributed by atoms with Crippen LogP contribution in [0.4, 0.5) is 0 Å². The van der Waals surface area contributed by atoms with E-state index in [2.05, 4.69) is 34.7 Å². The topological polar surface area (TPSA) is 35.6 Å². The molecule has 1 N–H and O–H groups in total. The van der Waals surface area contributed by atoms with E-state index in [0.717, 1.165) is 32.0 Å². The monoisotopic (exact) mass is 349 g/mol. The van der Waals surface area contributed by atoms with Crippen LogP contribution in [0.5, 0.6) is 0 Å². The summed E-state index contributed by atoms with van der Waals surface area (Å²) in [5.74, 6) is 1.16. The van der Waals surface area contributed by atoms with E-state index in [0.29, 0.717) is 18.5 Å². The lowest BCUT2D eigenvalue weighted by Gasteiger charge is -2.34. The molecule has 2 aliphatic rings. The third kappa shape index (κ3) is 4.58. The van der Waals surface area contributed by atoms with Gasteiger partial charge in [0, 0.05) is 37.0 Å². The van der Waals surface area contributed by atoms with Crippen LogP contribution in [0.3, 0.4) is 0 Å². The molecule has 5 heteroatoms. The summed E-state index contributed by atoms with van der Waals surface area (Å²) >= 11 is 1.85. The number of hydrogen-bond acceptors (Lipinski definition) is 4. The van der Waals surface area contributed by atoms with Gasteiger partial charge in [0.2, 0.25) is 5.91 Å². The number of carbonyl (C=O) groups excluding carboxylic acids is 1. The molecule has 3 rings (SSSR count). The number of hydrogen-bond donors (Lipinski definition) is 1. The van der Waals surface area contributed by atoms with Gasteiger partial charge in [-0.1, -0.05) is 19.9 Å². The third-order valence-electron chi connectivity index (χ3n) is 5.48. The van der Waals surface area contributed by atoms with Gasteiger partial charge in [-0.3, -0.25) is 4.79 Å². The molecule has 1 aromatic heterocycles. The molecule has 0 aromatic carbocycles. The van der Waals surface area contributed by atoms with Crippen LogP contribution in [0.2, 0.25) is 0 Å². The van der Waals surface area contributed by atoms with Crippen molar-refractivity contribution in [2.45, 2.75) is 51.6 Å². The van der Waals surface area contributed by atoms with Crippen LogP contribution in [0.1, 0.15) is 50.4 Å². The first kappa shape index (κ1) is 17.9. The van der Waals surface area contributed by atoms with Crippen molar-refractivity contribution in [1.29, 1.82) is 0 Å². The molecule has 0 radical (unpaired) electrons. The highest BCUT2D eigenvalue weighted by molar-refractivity contribution is 7.10. The number of amides is 1. The number of nitrogens with zero attached hydrogens (tertiary/aromatic N) is 2. The largest absolute Gasteiger partial charge is 0.341 e. The number of likely N-dealkylation sites (tertiary alicyclic amines) is 2. The van der Waals surface area contributed by atoms with Crippen molar-refractivity contribution in [2.75, 3.05) is 32.7 Å². The average Bonchev–Trinajstić information content (AvgIpc) is 3.27. The highest BCUT2D eigenvalue weighted by atomic mass is 32.1. The van der Waals surface area contributed by atoms with Gasteiger partial charge in [0.05, 0.1) is 6.04 Å². The molecule has 3 heterocycles. The zero-order valence-corrected chi connectivity index (χ0v) is 15.9. The summed E-state index contributed by atoms with van der Waals surface area (Å²) in [6.07, 6.45) is 4.33. The lowest BCUT2D eigenvalue weighted by Crippen LogP contribution is -2.43. The maximum absolute atomic E-state index is 11.9. The van der Waals surface area contributed by atoms with Gasteiger partial charge in [0.1, 0.15) is 0 Å². The minimum atomic E-state index is 0.289. The fourth-order valence-corrected chi connectivity index (χ4v) is 4.63. The summed E-state index contributed by atoms with van der Waals surface area (Å²) in [5, 5.41) is 6.03. The Kier molecular flexibility index (Phi) is 6.31. The third-order valence-corrected chi connectivity index (χ3v) is 6.47. The minimum absolute atomic E-state index is 0.289. The van der Waals surface area contributed by atoms with Crippen molar-refractivity contribution >= 4 is 17.2 Å². The van der Waals surface area contributed by atoms with Crippen molar-refractivity contribution in [3.8, 4) is 0 Å². The molecular formula is C19H31N3OS. The van der Waals surface area contributed by atoms with Crippen molar-refractivity contribution in [3.05, 3.63) is 22.4 Å². The van der Waals surface area contributed by atoms with E-state index in [9.17, 15) is 4.79 Å². The van der Waals surface area contributed by atoms with Crippen LogP contribution >= 0.6 is 11.3 Å². The van der Waals surface area contributed by atoms with Gasteiger partial charge in [0.15, 0.2) is 0 Å². The molecule has 2 atom stereocenters. The van der Waals surface area contributed by atoms with Gasteiger partial charge in [0.25, 0.3) is 0 Å². The van der Waals surface area contributed by atoms with Crippen molar-refractivity contribution in [1.82, 2.24) is 15.1 Å². The van der Waals surface area contributed by atoms with Gasteiger partial charge in [-0.2, -0.15) is 0 Å². The number of thiophene rings is 1. The zero-order valence-electron chi connectivity index (χ0n) is 15.0. The van der Waals surface area contributed by atoms with E-state index in [4.69, 9.17) is 0 Å². The first-order chi connectivity index (χ1) is 11.7. The molecule has 1 aromatic rings. The minimum Gasteiger partial charge on any atom is -0.341 e. The molecule has 0 bridgehead atoms. The van der Waals surface area contributed by atoms with Gasteiger partial charge < -0.3 is 15.1 Å². The predicted molar refractivity (Wildman–Crippen MR) is 100 cm³/mol. The van der Waals surface area contributed by atoms with Crippen molar-refractivity contribution < 1.29 is 4.79 Å². The molecule has 2 fully saturated rings. The van der Waals surface area contributed by atoms with E-state index < -0.39 is 0 Å². The van der Waals surface area contributed by atoms with E-state index in [-0.39, 0.29) is 5.91 Å². The summed E-state index contributed by atoms with van der Waals surface area (Å²) in [7, 11) is 0. The summed E-state index contributed by atoms with van der Waals surface area (Å²) in [4.78, 5) is 18.0. The SMILES string of the molecule is CCC(=O)N1CC[C@@H](N[C@H](CN2CCC(C)CC2)c2cccs2)C1. The van der Waals surface area contributed by atoms with E-state index in [1.54, 1.807) is 0 Å². The Bertz CT molecular complexity index is 511. The lowest BCUT2D eigenvalue weighted by molar-refractivity contribution is -0.129. The van der Waals surface area contributed by atoms with Gasteiger partial charge in [-0.25, -0.2) is 0 Å². The molecule has 1 amide bonds. The highest BCUT2D eigenvalue weighted by Gasteiger charge is 2.29. The summed E-state index contributed by atoms with van der Waals surface area (Å²) < 4.78 is 0. The maximum atomic E-state index is 11.9. The smallest absolute Gasteiger partial charge is 0.222 e. The van der Waals surface area contributed by atoms with Gasteiger partial charge in [-0.15, -0.1) is 11.3 Å². The number of piperidine rings is 1. The van der Waals surface area contributed by atoms with Crippen LogP contribution in [0.15, 0.2) is 17.5 Å². The Morgan fingerprint density at radius 3 is 2.79 bits per heavy atom. The van der Waals surface area contributed by atoms with Crippen LogP contribution < -0.4 is 5.32 Å². The van der Waals surface area contributed by atoms with Gasteiger partial charge in [-0.05, 0) is 49.7 Å². The number of rotatable bonds is 6. The second-order valence-corrected chi connectivity index (χ2v) is 8.38. The van der Waals surface area contributed by atoms with Crippen LogP contribution in [-0.2, 0) is 4.79 Å². The summed E-state index contributed by atoms with van der Waals surface area (Å²) in [6.45, 7) is 9.62. The molecule has 0 unspecified atom stereocenters. The molecule has 134 valence electrons. The molecule has 4 nitrogen and oxygen atoms in total. The highest BCUT2D eigenvalue weighted by Crippen LogP contribution is 2.25. The van der Waals surface area contributed by atoms with Gasteiger partial charge >= 0.3 is 0 Å². The Morgan fingerprint density at radius 2 is 2.12 bits per heavy atom. The first-order valence-corrected chi connectivity index (χ1v) is 10.3. The molecule has 2 saturated heterocycles. The predicted octanol–water partition coefficient (Wildman–Crippen LogP) is 3.12. The second kappa shape index (κ2) is 8.45. The zero-order chi connectivity index (χ0) is 16.9. The molecule has 24 heavy (non-hydrogen) atoms. The Labute approximate surface area is 150 Å². The Balaban J connectivity index is 1.58. The Morgan fingerprint density at radius 1 is 1.33 bits per heavy atom. The molecule has 2 aliphatic heterocycles. The maximum Gasteiger partial charge on any atom is 0.222 e. The van der Waals surface area contributed by atoms with Crippen molar-refractivity contribution in [3.63, 3.8) is 0 Å². The quantitative estimate of drug-likeness (QED) is 0.857. The summed E-state index contributed by atoms with van der Waals surface area (Å²) in [6, 6.07) is 5.21. The number of carbonyl (C=O) groups is 1. The molecular weight excluding hydrogens is 318 g/mol. The molecule has 0 aliphatic carbocycles. The first-order valence-electron chi connectivity index (χ1n) is 9.45. The standard InChI is InChI=1S/C19H31N3OS/c1-3-19(23)22-11-8-16(13-22)20-17(18-5-4-12-24-18)14-21-9-6-15(2)7-10-21/h4-5,12,15-17,20H,3,6-11,13-14H2,1-2H3/t16-,17-/m1/s1. The van der Waals surface area contributed by atoms with Crippen molar-refractivity contribution in [2.24, 2.45) is 5.92 Å². The normalized spacial score (nSPS) is 24.4. The van der Waals surface area contributed by atoms with Crippen LogP contribution in [0, 0.1) is 5.92 Å². The van der Waals surface area contributed by atoms with Crippen LogP contribution in [-0.4, -0.2) is 54.5 Å². The summed E-state index contributed by atoms with van der Waals surface area (Å²) in [5.41, 5.74) is 0. The van der Waals surface area contributed by atoms with E-state index in [1.165, 1.54) is 30.8 Å². The fraction of sp³-hybridized carbons (Fsp3) is 0.737. The lowest BCUT2D eigenvalue weighted by atomic mass is 9.98. The van der Waals surface area contributed by atoms with Crippen LogP contribution in [0.25, 0.3) is 0 Å². The second-order valence-electron chi connectivity index (χ2n) is 7.40. The fourth-order valence-electron chi connectivity index (χ4n) is 3.85. The average molecular weight is 350 g/mol. The molecule has 0 saturated carbocycles. The number of nitrogens with one attached hydrogen (secondary N) is 1. The molecule has 0 spiro atoms. The Hall–Kier alpha value is -0.910.